The van der Waals surface area contributed by atoms with Crippen LogP contribution in [0.3, 0.4) is 0 Å². The average molecular weight is 772 g/mol. The maximum Gasteiger partial charge on any atom is 1.00 e. The van der Waals surface area contributed by atoms with Crippen LogP contribution in [0.25, 0.3) is 0 Å². The number of esters is 1. The summed E-state index contributed by atoms with van der Waals surface area (Å²) in [5.41, 5.74) is 0.734. The van der Waals surface area contributed by atoms with Gasteiger partial charge in [-0.1, -0.05) is 72.8 Å². The molecule has 1 N–H and O–H groups in total. The molecule has 0 spiro atoms. The average Bonchev–Trinajstić information content (AvgIpc) is 3.60. The SMILES string of the molecule is COc1ccc(C(OC[C@H]2O[C@@H](n3ccc(NC(=O)c4ccccc4)nc3=O)C[C@@H]2OC(=O)CCC(=O)[O-])(c2ccccc2)c2ccc(OC)cc2)cc1.[K+]. The van der Waals surface area contributed by atoms with Crippen molar-refractivity contribution in [2.75, 3.05) is 26.1 Å². The van der Waals surface area contributed by atoms with Crippen LogP contribution in [0.5, 0.6) is 11.5 Å². The van der Waals surface area contributed by atoms with Crippen LogP contribution < -0.4 is 77.0 Å². The van der Waals surface area contributed by atoms with Crippen molar-refractivity contribution in [3.63, 3.8) is 0 Å². The predicted molar refractivity (Wildman–Crippen MR) is 194 cm³/mol. The Morgan fingerprint density at radius 2 is 1.38 bits per heavy atom. The second kappa shape index (κ2) is 19.3. The topological polar surface area (TPSA) is 167 Å². The summed E-state index contributed by atoms with van der Waals surface area (Å²) < 4.78 is 31.3. The van der Waals surface area contributed by atoms with E-state index in [2.05, 4.69) is 10.3 Å². The summed E-state index contributed by atoms with van der Waals surface area (Å²) in [5.74, 6) is -1.27. The number of methoxy groups -OCH3 is 2. The molecule has 1 fully saturated rings. The number of amides is 1. The summed E-state index contributed by atoms with van der Waals surface area (Å²) in [6.07, 6.45) is -2.32. The number of aromatic nitrogens is 2. The van der Waals surface area contributed by atoms with E-state index in [0.29, 0.717) is 17.1 Å². The number of nitrogens with one attached hydrogen (secondary N) is 1. The van der Waals surface area contributed by atoms with Crippen LogP contribution in [-0.2, 0) is 29.4 Å². The first-order valence-corrected chi connectivity index (χ1v) is 17.2. The number of rotatable bonds is 15. The van der Waals surface area contributed by atoms with Gasteiger partial charge in [0.2, 0.25) is 0 Å². The van der Waals surface area contributed by atoms with Crippen LogP contribution in [0, 0.1) is 0 Å². The van der Waals surface area contributed by atoms with E-state index < -0.39 is 60.4 Å². The smallest absolute Gasteiger partial charge is 0.550 e. The van der Waals surface area contributed by atoms with Gasteiger partial charge in [-0.25, -0.2) is 4.79 Å². The van der Waals surface area contributed by atoms with Crippen molar-refractivity contribution in [3.8, 4) is 11.5 Å². The Morgan fingerprint density at radius 3 is 1.93 bits per heavy atom. The molecule has 55 heavy (non-hydrogen) atoms. The number of aliphatic carboxylic acids is 1. The van der Waals surface area contributed by atoms with Crippen molar-refractivity contribution in [1.29, 1.82) is 0 Å². The number of nitrogens with zero attached hydrogens (tertiary/aromatic N) is 2. The molecule has 14 heteroatoms. The molecule has 0 unspecified atom stereocenters. The number of ether oxygens (including phenoxy) is 5. The van der Waals surface area contributed by atoms with E-state index in [4.69, 9.17) is 23.7 Å². The van der Waals surface area contributed by atoms with Crippen molar-refractivity contribution in [3.05, 3.63) is 154 Å². The van der Waals surface area contributed by atoms with Gasteiger partial charge in [-0.2, -0.15) is 4.98 Å². The molecule has 4 aromatic carbocycles. The number of carboxylic acids is 1. The standard InChI is InChI=1S/C41H39N3O10.K/c1-50-31-17-13-29(14-18-31)41(28-11-7-4-8-12-28,30-15-19-32(51-2)20-16-30)52-26-34-33(54-38(47)22-21-37(45)46)25-36(53-34)44-24-23-35(43-40(44)49)42-39(48)27-9-5-3-6-10-27;/h3-20,23-24,33-34,36H,21-22,25-26H2,1-2H3,(H,45,46)(H,42,43,48,49);/q;+1/p-1/t33-,34+,36+;/m0./s1. The zero-order chi connectivity index (χ0) is 38.1. The number of carbonyl (C=O) groups is 3. The summed E-state index contributed by atoms with van der Waals surface area (Å²) >= 11 is 0. The quantitative estimate of drug-likeness (QED) is 0.0925. The minimum Gasteiger partial charge on any atom is -0.550 e. The Kier molecular flexibility index (Phi) is 14.5. The van der Waals surface area contributed by atoms with Crippen LogP contribution in [0.2, 0.25) is 0 Å². The van der Waals surface area contributed by atoms with Crippen LogP contribution in [0.15, 0.2) is 126 Å². The Balaban J connectivity index is 0.00000580. The fraction of sp³-hybridized carbons (Fsp3) is 0.244. The zero-order valence-corrected chi connectivity index (χ0v) is 33.7. The molecule has 13 nitrogen and oxygen atoms in total. The van der Waals surface area contributed by atoms with Gasteiger partial charge in [-0.05, 0) is 65.6 Å². The van der Waals surface area contributed by atoms with E-state index in [0.717, 1.165) is 16.7 Å². The summed E-state index contributed by atoms with van der Waals surface area (Å²) in [5, 5.41) is 13.7. The van der Waals surface area contributed by atoms with E-state index in [1.807, 2.05) is 78.9 Å². The largest absolute Gasteiger partial charge is 1.00 e. The first-order chi connectivity index (χ1) is 26.2. The van der Waals surface area contributed by atoms with Gasteiger partial charge in [0.05, 0.1) is 27.2 Å². The van der Waals surface area contributed by atoms with Gasteiger partial charge in [0, 0.05) is 24.2 Å². The number of hydrogen-bond donors (Lipinski definition) is 1. The molecule has 6 rings (SSSR count). The van der Waals surface area contributed by atoms with Crippen molar-refractivity contribution >= 4 is 23.7 Å². The Morgan fingerprint density at radius 1 is 0.818 bits per heavy atom. The molecule has 0 saturated carbocycles. The van der Waals surface area contributed by atoms with Crippen molar-refractivity contribution in [2.45, 2.75) is 43.3 Å². The maximum atomic E-state index is 13.3. The van der Waals surface area contributed by atoms with Crippen LogP contribution in [0.1, 0.15) is 52.5 Å². The van der Waals surface area contributed by atoms with Gasteiger partial charge in [-0.3, -0.25) is 14.2 Å². The van der Waals surface area contributed by atoms with E-state index >= 15 is 0 Å². The van der Waals surface area contributed by atoms with Crippen molar-refractivity contribution in [1.82, 2.24) is 9.55 Å². The van der Waals surface area contributed by atoms with Gasteiger partial charge < -0.3 is 38.9 Å². The first kappa shape index (κ1) is 41.5. The van der Waals surface area contributed by atoms with Crippen molar-refractivity contribution in [2.24, 2.45) is 0 Å². The van der Waals surface area contributed by atoms with Crippen molar-refractivity contribution < 1.29 is 94.6 Å². The molecule has 5 aromatic rings. The van der Waals surface area contributed by atoms with Crippen LogP contribution in [-0.4, -0.2) is 60.4 Å². The second-order valence-corrected chi connectivity index (χ2v) is 12.4. The number of hydrogen-bond acceptors (Lipinski definition) is 11. The summed E-state index contributed by atoms with van der Waals surface area (Å²) in [4.78, 5) is 54.0. The van der Waals surface area contributed by atoms with E-state index in [-0.39, 0.29) is 70.2 Å². The maximum absolute atomic E-state index is 13.3. The van der Waals surface area contributed by atoms with E-state index in [1.165, 1.54) is 16.8 Å². The molecule has 1 aromatic heterocycles. The third-order valence-electron chi connectivity index (χ3n) is 9.05. The molecule has 1 aliphatic heterocycles. The number of carboxylic acid groups (broad SMARTS) is 1. The molecule has 1 amide bonds. The molecular weight excluding hydrogens is 734 g/mol. The molecule has 1 aliphatic rings. The van der Waals surface area contributed by atoms with Gasteiger partial charge in [-0.15, -0.1) is 0 Å². The van der Waals surface area contributed by atoms with Crippen LogP contribution >= 0.6 is 0 Å². The fourth-order valence-electron chi connectivity index (χ4n) is 6.34. The third-order valence-corrected chi connectivity index (χ3v) is 9.05. The Labute approximate surface area is 360 Å². The monoisotopic (exact) mass is 771 g/mol. The zero-order valence-electron chi connectivity index (χ0n) is 30.6. The molecule has 0 aliphatic carbocycles. The minimum absolute atomic E-state index is 0. The normalized spacial score (nSPS) is 16.4. The summed E-state index contributed by atoms with van der Waals surface area (Å²) in [6, 6.07) is 34.4. The number of anilines is 1. The summed E-state index contributed by atoms with van der Waals surface area (Å²) in [7, 11) is 3.16. The second-order valence-electron chi connectivity index (χ2n) is 12.4. The van der Waals surface area contributed by atoms with Gasteiger partial charge in [0.1, 0.15) is 41.4 Å². The number of benzene rings is 4. The summed E-state index contributed by atoms with van der Waals surface area (Å²) in [6.45, 7) is -0.144. The van der Waals surface area contributed by atoms with Gasteiger partial charge >= 0.3 is 63.0 Å². The fourth-order valence-corrected chi connectivity index (χ4v) is 6.34. The van der Waals surface area contributed by atoms with Crippen LogP contribution in [0.4, 0.5) is 5.82 Å². The minimum atomic E-state index is -1.39. The Bertz CT molecular complexity index is 2070. The first-order valence-electron chi connectivity index (χ1n) is 17.2. The Hall–Kier alpha value is -4.67. The molecular formula is C41H38KN3O10. The molecule has 278 valence electrons. The van der Waals surface area contributed by atoms with Gasteiger partial charge in [0.25, 0.3) is 5.91 Å². The molecule has 0 bridgehead atoms. The van der Waals surface area contributed by atoms with Gasteiger partial charge in [0.15, 0.2) is 0 Å². The van der Waals surface area contributed by atoms with E-state index in [1.54, 1.807) is 44.6 Å². The molecule has 2 heterocycles. The molecule has 3 atom stereocenters. The molecule has 0 radical (unpaired) electrons. The number of carbonyl (C=O) groups excluding carboxylic acids is 3. The third kappa shape index (κ3) is 9.96. The molecule has 1 saturated heterocycles. The van der Waals surface area contributed by atoms with E-state index in [9.17, 15) is 24.3 Å². The predicted octanol–water partition coefficient (Wildman–Crippen LogP) is 1.25.